The normalized spacial score (nSPS) is 31.9. The van der Waals surface area contributed by atoms with Crippen LogP contribution in [0.5, 0.6) is 34.5 Å². The Kier molecular flexibility index (Phi) is 9.00. The van der Waals surface area contributed by atoms with E-state index in [1.165, 1.54) is 14.0 Å². The molecular weight excluding hydrogens is 608 g/mol. The van der Waals surface area contributed by atoms with Gasteiger partial charge in [0.1, 0.15) is 65.2 Å². The third kappa shape index (κ3) is 5.81. The van der Waals surface area contributed by atoms with Gasteiger partial charge in [-0.3, -0.25) is 4.79 Å². The van der Waals surface area contributed by atoms with Gasteiger partial charge in [0.15, 0.2) is 17.3 Å². The lowest BCUT2D eigenvalue weighted by Crippen LogP contribution is -2.60. The first-order chi connectivity index (χ1) is 21.3. The summed E-state index contributed by atoms with van der Waals surface area (Å²) < 4.78 is 32.8. The van der Waals surface area contributed by atoms with Crippen LogP contribution in [0, 0.1) is 0 Å². The van der Waals surface area contributed by atoms with E-state index in [9.17, 15) is 55.9 Å². The molecule has 0 bridgehead atoms. The molecule has 2 aliphatic heterocycles. The lowest BCUT2D eigenvalue weighted by atomic mass is 9.99. The van der Waals surface area contributed by atoms with Gasteiger partial charge < -0.3 is 79.2 Å². The molecule has 2 aromatic carbocycles. The Hall–Kier alpha value is -3.91. The number of aromatic hydroxyl groups is 3. The summed E-state index contributed by atoms with van der Waals surface area (Å²) >= 11 is 0. The van der Waals surface area contributed by atoms with Crippen LogP contribution in [0.25, 0.3) is 22.3 Å². The molecule has 0 saturated carbocycles. The maximum Gasteiger partial charge on any atom is 0.239 e. The number of fused-ring (bicyclic) bond motifs is 1. The number of methoxy groups -OCH3 is 1. The van der Waals surface area contributed by atoms with Gasteiger partial charge in [0, 0.05) is 17.7 Å². The van der Waals surface area contributed by atoms with Crippen molar-refractivity contribution in [3.63, 3.8) is 0 Å². The van der Waals surface area contributed by atoms with Crippen LogP contribution in [0.15, 0.2) is 33.5 Å². The number of phenols is 3. The molecule has 10 atom stereocenters. The molecule has 0 spiro atoms. The van der Waals surface area contributed by atoms with Crippen molar-refractivity contribution in [2.24, 2.45) is 0 Å². The van der Waals surface area contributed by atoms with Gasteiger partial charge in [-0.2, -0.15) is 0 Å². The molecule has 10 N–H and O–H groups in total. The van der Waals surface area contributed by atoms with Crippen LogP contribution in [0.1, 0.15) is 6.92 Å². The number of ether oxygens (including phenoxy) is 5. The summed E-state index contributed by atoms with van der Waals surface area (Å²) in [6, 6.07) is 4.11. The standard InChI is InChI=1S/C28H32O17/c1-8-17(33)20(36)22(38)27(41-8)45-26-19(35)16-11(30)5-10(42-28-23(39)21(37)18(34)15(7-29)44-28)6-14(16)43-24(26)9-3-12(31)25(40-2)13(32)4-9/h3-6,8,15,17-18,20-23,27-34,36-39H,7H2,1-2H3. The van der Waals surface area contributed by atoms with Crippen molar-refractivity contribution < 1.29 is 79.2 Å². The van der Waals surface area contributed by atoms with Gasteiger partial charge in [-0.05, 0) is 19.1 Å². The van der Waals surface area contributed by atoms with Crippen molar-refractivity contribution in [3.8, 4) is 45.8 Å². The molecule has 2 saturated heterocycles. The second kappa shape index (κ2) is 12.5. The molecule has 17 heteroatoms. The van der Waals surface area contributed by atoms with Crippen LogP contribution >= 0.6 is 0 Å². The van der Waals surface area contributed by atoms with Gasteiger partial charge in [-0.1, -0.05) is 0 Å². The van der Waals surface area contributed by atoms with Crippen LogP contribution in [0.2, 0.25) is 0 Å². The summed E-state index contributed by atoms with van der Waals surface area (Å²) in [7, 11) is 1.18. The van der Waals surface area contributed by atoms with E-state index in [-0.39, 0.29) is 22.6 Å². The third-order valence-corrected chi connectivity index (χ3v) is 7.57. The number of rotatable bonds is 7. The number of aliphatic hydroxyl groups is 7. The van der Waals surface area contributed by atoms with Gasteiger partial charge in [0.2, 0.25) is 29.5 Å². The fourth-order valence-electron chi connectivity index (χ4n) is 5.09. The Labute approximate surface area is 252 Å². The van der Waals surface area contributed by atoms with Crippen molar-refractivity contribution in [2.45, 2.75) is 68.3 Å². The van der Waals surface area contributed by atoms with E-state index in [4.69, 9.17) is 28.1 Å². The van der Waals surface area contributed by atoms with Crippen molar-refractivity contribution in [1.29, 1.82) is 0 Å². The minimum Gasteiger partial charge on any atom is -0.507 e. The first kappa shape index (κ1) is 32.5. The molecule has 0 amide bonds. The first-order valence-corrected chi connectivity index (χ1v) is 13.5. The Morgan fingerprint density at radius 3 is 1.93 bits per heavy atom. The molecule has 5 rings (SSSR count). The predicted octanol–water partition coefficient (Wildman–Crippen LogP) is -2.03. The van der Waals surface area contributed by atoms with Gasteiger partial charge in [0.25, 0.3) is 0 Å². The van der Waals surface area contributed by atoms with Crippen LogP contribution in [0.3, 0.4) is 0 Å². The van der Waals surface area contributed by atoms with Crippen molar-refractivity contribution in [2.75, 3.05) is 13.7 Å². The van der Waals surface area contributed by atoms with Crippen LogP contribution < -0.4 is 19.6 Å². The number of phenolic OH excluding ortho intramolecular Hbond substituents is 3. The van der Waals surface area contributed by atoms with E-state index in [1.54, 1.807) is 0 Å². The molecule has 0 aliphatic carbocycles. The van der Waals surface area contributed by atoms with E-state index in [0.29, 0.717) is 0 Å². The maximum absolute atomic E-state index is 13.8. The fraction of sp³-hybridized carbons (Fsp3) is 0.464. The van der Waals surface area contributed by atoms with Crippen molar-refractivity contribution >= 4 is 11.0 Å². The average Bonchev–Trinajstić information content (AvgIpc) is 2.99. The molecule has 3 aromatic rings. The highest BCUT2D eigenvalue weighted by Crippen LogP contribution is 2.44. The zero-order valence-corrected chi connectivity index (χ0v) is 23.6. The van der Waals surface area contributed by atoms with Crippen LogP contribution in [-0.2, 0) is 9.47 Å². The molecule has 17 nitrogen and oxygen atoms in total. The number of aliphatic hydroxyl groups excluding tert-OH is 7. The van der Waals surface area contributed by atoms with Crippen molar-refractivity contribution in [1.82, 2.24) is 0 Å². The van der Waals surface area contributed by atoms with Crippen LogP contribution in [0.4, 0.5) is 0 Å². The lowest BCUT2D eigenvalue weighted by Gasteiger charge is -2.39. The van der Waals surface area contributed by atoms with Gasteiger partial charge in [-0.25, -0.2) is 0 Å². The Bertz CT molecular complexity index is 1580. The van der Waals surface area contributed by atoms with Gasteiger partial charge in [-0.15, -0.1) is 0 Å². The zero-order valence-electron chi connectivity index (χ0n) is 23.6. The van der Waals surface area contributed by atoms with E-state index in [0.717, 1.165) is 24.3 Å². The minimum absolute atomic E-state index is 0.168. The lowest BCUT2D eigenvalue weighted by molar-refractivity contribution is -0.277. The monoisotopic (exact) mass is 640 g/mol. The van der Waals surface area contributed by atoms with Gasteiger partial charge in [0.05, 0.1) is 19.8 Å². The summed E-state index contributed by atoms with van der Waals surface area (Å²) in [5.41, 5.74) is -1.59. The van der Waals surface area contributed by atoms with Crippen LogP contribution in [-0.4, -0.2) is 126 Å². The Balaban J connectivity index is 1.63. The maximum atomic E-state index is 13.8. The quantitative estimate of drug-likeness (QED) is 0.133. The first-order valence-electron chi connectivity index (χ1n) is 13.5. The molecule has 3 heterocycles. The summed E-state index contributed by atoms with van der Waals surface area (Å²) in [4.78, 5) is 13.8. The molecule has 2 aliphatic rings. The summed E-state index contributed by atoms with van der Waals surface area (Å²) in [6.07, 6.45) is -16.1. The predicted molar refractivity (Wildman–Crippen MR) is 147 cm³/mol. The third-order valence-electron chi connectivity index (χ3n) is 7.57. The molecule has 10 unspecified atom stereocenters. The Morgan fingerprint density at radius 2 is 1.33 bits per heavy atom. The SMILES string of the molecule is COc1c(O)cc(-c2oc3cc(OC4OC(CO)C(O)C(O)C4O)cc(O)c3c(=O)c2OC2OC(C)C(O)C(O)C2O)cc1O. The summed E-state index contributed by atoms with van der Waals surface area (Å²) in [5, 5.41) is 102. The minimum atomic E-state index is -1.86. The van der Waals surface area contributed by atoms with E-state index < -0.39 is 108 Å². The number of benzene rings is 2. The second-order valence-electron chi connectivity index (χ2n) is 10.6. The molecule has 0 radical (unpaired) electrons. The highest BCUT2D eigenvalue weighted by Gasteiger charge is 2.46. The molecule has 45 heavy (non-hydrogen) atoms. The van der Waals surface area contributed by atoms with E-state index in [2.05, 4.69) is 0 Å². The second-order valence-corrected chi connectivity index (χ2v) is 10.6. The molecule has 1 aromatic heterocycles. The Morgan fingerprint density at radius 1 is 0.733 bits per heavy atom. The smallest absolute Gasteiger partial charge is 0.239 e. The van der Waals surface area contributed by atoms with Crippen molar-refractivity contribution in [3.05, 3.63) is 34.5 Å². The molecule has 246 valence electrons. The average molecular weight is 641 g/mol. The van der Waals surface area contributed by atoms with Gasteiger partial charge >= 0.3 is 0 Å². The topological polar surface area (TPSA) is 279 Å². The zero-order chi connectivity index (χ0) is 32.9. The largest absolute Gasteiger partial charge is 0.507 e. The summed E-state index contributed by atoms with van der Waals surface area (Å²) in [6.45, 7) is 0.646. The van der Waals surface area contributed by atoms with E-state index in [1.807, 2.05) is 0 Å². The fourth-order valence-corrected chi connectivity index (χ4v) is 5.09. The highest BCUT2D eigenvalue weighted by molar-refractivity contribution is 5.88. The number of hydrogen-bond acceptors (Lipinski definition) is 17. The van der Waals surface area contributed by atoms with E-state index >= 15 is 0 Å². The molecular formula is C28H32O17. The highest BCUT2D eigenvalue weighted by atomic mass is 16.7. The summed E-state index contributed by atoms with van der Waals surface area (Å²) in [5.74, 6) is -3.67. The number of hydrogen-bond donors (Lipinski definition) is 10. The molecule has 2 fully saturated rings.